The Kier molecular flexibility index (Phi) is 5.64. The van der Waals surface area contributed by atoms with E-state index in [1.807, 2.05) is 54.6 Å². The number of para-hydroxylation sites is 3. The lowest BCUT2D eigenvalue weighted by molar-refractivity contribution is -0.128. The topological polar surface area (TPSA) is 82.4 Å². The Morgan fingerprint density at radius 3 is 2.75 bits per heavy atom. The van der Waals surface area contributed by atoms with E-state index in [4.69, 9.17) is 9.47 Å². The van der Waals surface area contributed by atoms with Crippen molar-refractivity contribution < 1.29 is 14.3 Å². The average Bonchev–Trinajstić information content (AvgIpc) is 3.28. The van der Waals surface area contributed by atoms with E-state index in [1.54, 1.807) is 22.8 Å². The van der Waals surface area contributed by atoms with Crippen molar-refractivity contribution in [1.82, 2.24) is 24.6 Å². The Balaban J connectivity index is 1.23. The van der Waals surface area contributed by atoms with Crippen LogP contribution in [0.3, 0.4) is 0 Å². The molecule has 0 spiro atoms. The molecular formula is C23H21N5O3S. The fourth-order valence-electron chi connectivity index (χ4n) is 3.50. The van der Waals surface area contributed by atoms with Crippen LogP contribution < -0.4 is 9.47 Å². The predicted molar refractivity (Wildman–Crippen MR) is 121 cm³/mol. The van der Waals surface area contributed by atoms with Crippen molar-refractivity contribution in [2.75, 3.05) is 26.0 Å². The number of fused-ring (bicyclic) bond motifs is 2. The van der Waals surface area contributed by atoms with Crippen LogP contribution in [0.4, 0.5) is 0 Å². The van der Waals surface area contributed by atoms with Crippen molar-refractivity contribution in [3.8, 4) is 17.2 Å². The highest BCUT2D eigenvalue weighted by Crippen LogP contribution is 2.31. The van der Waals surface area contributed by atoms with E-state index < -0.39 is 0 Å². The van der Waals surface area contributed by atoms with E-state index in [2.05, 4.69) is 15.1 Å². The normalized spacial score (nSPS) is 15.0. The van der Waals surface area contributed by atoms with Gasteiger partial charge in [-0.1, -0.05) is 42.1 Å². The third-order valence-electron chi connectivity index (χ3n) is 5.13. The molecule has 0 saturated heterocycles. The molecule has 8 nitrogen and oxygen atoms in total. The third-order valence-corrected chi connectivity index (χ3v) is 6.12. The lowest BCUT2D eigenvalue weighted by atomic mass is 10.2. The summed E-state index contributed by atoms with van der Waals surface area (Å²) in [5, 5.41) is 6.00. The van der Waals surface area contributed by atoms with Gasteiger partial charge in [0.2, 0.25) is 5.91 Å². The Morgan fingerprint density at radius 2 is 1.91 bits per heavy atom. The standard InChI is InChI=1S/C23H21N5O3S/c1-27(12-17-13-30-19-9-5-6-10-20(19)31-17)21(29)14-32-23-18-11-26-28(22(18)24-15-25-23)16-7-3-2-4-8-16/h2-11,15,17H,12-14H2,1H3. The zero-order valence-corrected chi connectivity index (χ0v) is 18.2. The number of carbonyl (C=O) groups excluding carboxylic acids is 1. The van der Waals surface area contributed by atoms with Gasteiger partial charge in [0, 0.05) is 7.05 Å². The van der Waals surface area contributed by atoms with Gasteiger partial charge in [0.25, 0.3) is 0 Å². The van der Waals surface area contributed by atoms with Crippen molar-refractivity contribution in [1.29, 1.82) is 0 Å². The van der Waals surface area contributed by atoms with Gasteiger partial charge in [0.05, 0.1) is 29.6 Å². The van der Waals surface area contributed by atoms with Gasteiger partial charge in [-0.05, 0) is 24.3 Å². The van der Waals surface area contributed by atoms with Crippen LogP contribution in [0.1, 0.15) is 0 Å². The lowest BCUT2D eigenvalue weighted by Crippen LogP contribution is -2.42. The number of carbonyl (C=O) groups is 1. The second kappa shape index (κ2) is 8.88. The van der Waals surface area contributed by atoms with Crippen LogP contribution in [-0.2, 0) is 4.79 Å². The Labute approximate surface area is 189 Å². The second-order valence-corrected chi connectivity index (χ2v) is 8.33. The number of rotatable bonds is 6. The molecule has 4 aromatic rings. The highest BCUT2D eigenvalue weighted by atomic mass is 32.2. The van der Waals surface area contributed by atoms with E-state index in [1.165, 1.54) is 18.1 Å². The van der Waals surface area contributed by atoms with E-state index in [0.717, 1.165) is 21.8 Å². The highest BCUT2D eigenvalue weighted by Gasteiger charge is 2.24. The predicted octanol–water partition coefficient (Wildman–Crippen LogP) is 3.21. The van der Waals surface area contributed by atoms with Crippen LogP contribution >= 0.6 is 11.8 Å². The maximum Gasteiger partial charge on any atom is 0.232 e. The summed E-state index contributed by atoms with van der Waals surface area (Å²) in [6, 6.07) is 17.3. The number of benzene rings is 2. The first-order valence-corrected chi connectivity index (χ1v) is 11.2. The van der Waals surface area contributed by atoms with Gasteiger partial charge in [-0.15, -0.1) is 0 Å². The van der Waals surface area contributed by atoms with Gasteiger partial charge >= 0.3 is 0 Å². The van der Waals surface area contributed by atoms with Crippen LogP contribution in [0.25, 0.3) is 16.7 Å². The summed E-state index contributed by atoms with van der Waals surface area (Å²) in [7, 11) is 1.77. The van der Waals surface area contributed by atoms with Gasteiger partial charge in [-0.2, -0.15) is 5.10 Å². The number of ether oxygens (including phenoxy) is 2. The summed E-state index contributed by atoms with van der Waals surface area (Å²) in [6.07, 6.45) is 3.03. The molecule has 1 amide bonds. The summed E-state index contributed by atoms with van der Waals surface area (Å²) in [5.41, 5.74) is 1.63. The largest absolute Gasteiger partial charge is 0.486 e. The summed E-state index contributed by atoms with van der Waals surface area (Å²) in [6.45, 7) is 0.853. The molecule has 162 valence electrons. The third kappa shape index (κ3) is 4.11. The van der Waals surface area contributed by atoms with E-state index in [9.17, 15) is 4.79 Å². The molecule has 3 heterocycles. The van der Waals surface area contributed by atoms with Gasteiger partial charge in [-0.3, -0.25) is 4.79 Å². The first kappa shape index (κ1) is 20.3. The first-order valence-electron chi connectivity index (χ1n) is 10.2. The molecule has 0 N–H and O–H groups in total. The number of nitrogens with zero attached hydrogens (tertiary/aromatic N) is 5. The minimum Gasteiger partial charge on any atom is -0.486 e. The number of amides is 1. The molecule has 1 aliphatic rings. The van der Waals surface area contributed by atoms with E-state index in [-0.39, 0.29) is 17.8 Å². The lowest BCUT2D eigenvalue weighted by Gasteiger charge is -2.29. The molecule has 0 bridgehead atoms. The van der Waals surface area contributed by atoms with E-state index in [0.29, 0.717) is 24.5 Å². The SMILES string of the molecule is CN(CC1COc2ccccc2O1)C(=O)CSc1ncnc2c1cnn2-c1ccccc1. The minimum absolute atomic E-state index is 0.0142. The summed E-state index contributed by atoms with van der Waals surface area (Å²) in [4.78, 5) is 23.2. The molecule has 2 aromatic heterocycles. The van der Waals surface area contributed by atoms with Crippen molar-refractivity contribution in [2.45, 2.75) is 11.1 Å². The van der Waals surface area contributed by atoms with Crippen LogP contribution in [0.15, 0.2) is 72.1 Å². The fraction of sp³-hybridized carbons (Fsp3) is 0.217. The van der Waals surface area contributed by atoms with E-state index >= 15 is 0 Å². The Morgan fingerprint density at radius 1 is 1.12 bits per heavy atom. The monoisotopic (exact) mass is 447 g/mol. The molecule has 1 atom stereocenters. The minimum atomic E-state index is -0.210. The second-order valence-electron chi connectivity index (χ2n) is 7.37. The molecule has 0 radical (unpaired) electrons. The molecule has 9 heteroatoms. The average molecular weight is 448 g/mol. The molecule has 5 rings (SSSR count). The van der Waals surface area contributed by atoms with Crippen molar-refractivity contribution >= 4 is 28.7 Å². The molecule has 0 aliphatic carbocycles. The number of thioether (sulfide) groups is 1. The number of likely N-dealkylation sites (N-methyl/N-ethyl adjacent to an activating group) is 1. The van der Waals surface area contributed by atoms with Gasteiger partial charge in [0.1, 0.15) is 18.0 Å². The maximum atomic E-state index is 12.7. The van der Waals surface area contributed by atoms with Crippen molar-refractivity contribution in [3.05, 3.63) is 67.1 Å². The van der Waals surface area contributed by atoms with Crippen LogP contribution in [0, 0.1) is 0 Å². The molecule has 32 heavy (non-hydrogen) atoms. The van der Waals surface area contributed by atoms with Crippen LogP contribution in [0.2, 0.25) is 0 Å². The smallest absolute Gasteiger partial charge is 0.232 e. The molecule has 0 fully saturated rings. The molecular weight excluding hydrogens is 426 g/mol. The maximum absolute atomic E-state index is 12.7. The summed E-state index contributed by atoms with van der Waals surface area (Å²) >= 11 is 1.38. The zero-order chi connectivity index (χ0) is 21.9. The molecule has 1 unspecified atom stereocenters. The van der Waals surface area contributed by atoms with Crippen LogP contribution in [0.5, 0.6) is 11.5 Å². The summed E-state index contributed by atoms with van der Waals surface area (Å²) in [5.74, 6) is 1.68. The number of hydrogen-bond acceptors (Lipinski definition) is 7. The zero-order valence-electron chi connectivity index (χ0n) is 17.4. The first-order chi connectivity index (χ1) is 15.7. The van der Waals surface area contributed by atoms with Crippen molar-refractivity contribution in [3.63, 3.8) is 0 Å². The molecule has 2 aromatic carbocycles. The van der Waals surface area contributed by atoms with Gasteiger partial charge in [0.15, 0.2) is 23.3 Å². The van der Waals surface area contributed by atoms with Crippen molar-refractivity contribution in [2.24, 2.45) is 0 Å². The molecule has 1 aliphatic heterocycles. The fourth-order valence-corrected chi connectivity index (χ4v) is 4.40. The highest BCUT2D eigenvalue weighted by molar-refractivity contribution is 8.00. The Hall–Kier alpha value is -3.59. The van der Waals surface area contributed by atoms with Gasteiger partial charge in [-0.25, -0.2) is 14.6 Å². The Bertz CT molecular complexity index is 1250. The number of hydrogen-bond donors (Lipinski definition) is 0. The summed E-state index contributed by atoms with van der Waals surface area (Å²) < 4.78 is 13.5. The number of aromatic nitrogens is 4. The van der Waals surface area contributed by atoms with Crippen LogP contribution in [-0.4, -0.2) is 62.6 Å². The van der Waals surface area contributed by atoms with Gasteiger partial charge < -0.3 is 14.4 Å². The molecule has 0 saturated carbocycles. The quantitative estimate of drug-likeness (QED) is 0.332.